The number of hydrogen-bond acceptors (Lipinski definition) is 4. The number of benzene rings is 2. The van der Waals surface area contributed by atoms with Crippen molar-refractivity contribution in [2.75, 3.05) is 12.4 Å². The van der Waals surface area contributed by atoms with Gasteiger partial charge in [-0.3, -0.25) is 4.79 Å². The van der Waals surface area contributed by atoms with E-state index in [1.165, 1.54) is 0 Å². The van der Waals surface area contributed by atoms with Gasteiger partial charge in [-0.2, -0.15) is 0 Å². The zero-order valence-corrected chi connectivity index (χ0v) is 14.2. The molecule has 0 bridgehead atoms. The second-order valence-corrected chi connectivity index (χ2v) is 5.69. The molecule has 5 nitrogen and oxygen atoms in total. The summed E-state index contributed by atoms with van der Waals surface area (Å²) in [5.41, 5.74) is 2.55. The van der Waals surface area contributed by atoms with Crippen molar-refractivity contribution in [1.82, 2.24) is 4.98 Å². The number of nitrogens with zero attached hydrogens (tertiary/aromatic N) is 1. The van der Waals surface area contributed by atoms with Crippen LogP contribution >= 0.6 is 0 Å². The zero-order valence-electron chi connectivity index (χ0n) is 14.2. The first-order valence-electron chi connectivity index (χ1n) is 8.07. The van der Waals surface area contributed by atoms with Crippen molar-refractivity contribution in [2.24, 2.45) is 0 Å². The Balaban J connectivity index is 1.62. The Morgan fingerprint density at radius 1 is 1.12 bits per heavy atom. The average molecular weight is 336 g/mol. The normalized spacial score (nSPS) is 11.9. The number of pyridine rings is 1. The monoisotopic (exact) mass is 336 g/mol. The van der Waals surface area contributed by atoms with Gasteiger partial charge in [0, 0.05) is 17.1 Å². The maximum atomic E-state index is 12.3. The molecule has 1 N–H and O–H groups in total. The van der Waals surface area contributed by atoms with Crippen LogP contribution in [0.25, 0.3) is 10.9 Å². The molecule has 3 rings (SSSR count). The topological polar surface area (TPSA) is 60.5 Å². The fourth-order valence-electron chi connectivity index (χ4n) is 2.41. The van der Waals surface area contributed by atoms with Crippen molar-refractivity contribution in [1.29, 1.82) is 0 Å². The van der Waals surface area contributed by atoms with E-state index in [1.807, 2.05) is 54.6 Å². The van der Waals surface area contributed by atoms with Gasteiger partial charge in [0.2, 0.25) is 5.88 Å². The number of carbonyl (C=O) groups is 1. The van der Waals surface area contributed by atoms with Crippen molar-refractivity contribution < 1.29 is 14.3 Å². The molecule has 0 fully saturated rings. The number of carbonyl (C=O) groups excluding carboxylic acids is 1. The molecule has 3 aromatic rings. The minimum Gasteiger partial charge on any atom is -0.481 e. The highest BCUT2D eigenvalue weighted by molar-refractivity contribution is 5.96. The second kappa shape index (κ2) is 7.77. The smallest absolute Gasteiger partial charge is 0.253 e. The minimum absolute atomic E-state index is 0.184. The summed E-state index contributed by atoms with van der Waals surface area (Å²) in [7, 11) is 1.58. The van der Waals surface area contributed by atoms with E-state index in [0.717, 1.165) is 16.5 Å². The number of rotatable bonds is 6. The van der Waals surface area contributed by atoms with E-state index in [4.69, 9.17) is 9.47 Å². The first kappa shape index (κ1) is 16.9. The molecule has 0 saturated carbocycles. The van der Waals surface area contributed by atoms with Crippen LogP contribution in [-0.4, -0.2) is 24.1 Å². The summed E-state index contributed by atoms with van der Waals surface area (Å²) in [6.45, 7) is 2.14. The van der Waals surface area contributed by atoms with Gasteiger partial charge in [0.25, 0.3) is 5.91 Å². The summed E-state index contributed by atoms with van der Waals surface area (Å²) >= 11 is 0. The minimum atomic E-state index is -0.551. The maximum absolute atomic E-state index is 12.3. The largest absolute Gasteiger partial charge is 0.481 e. The molecule has 0 aliphatic rings. The number of nitrogens with one attached hydrogen (secondary N) is 1. The van der Waals surface area contributed by atoms with Gasteiger partial charge in [-0.1, -0.05) is 30.3 Å². The van der Waals surface area contributed by atoms with Crippen LogP contribution < -0.4 is 10.1 Å². The molecule has 0 radical (unpaired) electrons. The molecule has 0 aliphatic heterocycles. The fraction of sp³-hybridized carbons (Fsp3) is 0.200. The molecule has 1 heterocycles. The molecule has 1 amide bonds. The molecule has 1 atom stereocenters. The Morgan fingerprint density at radius 2 is 1.92 bits per heavy atom. The number of amides is 1. The Bertz CT molecular complexity index is 865. The van der Waals surface area contributed by atoms with E-state index in [2.05, 4.69) is 10.3 Å². The van der Waals surface area contributed by atoms with Crippen molar-refractivity contribution in [3.63, 3.8) is 0 Å². The van der Waals surface area contributed by atoms with Crippen LogP contribution in [0.2, 0.25) is 0 Å². The van der Waals surface area contributed by atoms with Gasteiger partial charge in [-0.25, -0.2) is 4.98 Å². The summed E-state index contributed by atoms with van der Waals surface area (Å²) < 4.78 is 10.8. The van der Waals surface area contributed by atoms with Crippen LogP contribution in [-0.2, 0) is 16.1 Å². The molecule has 0 saturated heterocycles. The third-order valence-corrected chi connectivity index (χ3v) is 3.85. The lowest BCUT2D eigenvalue weighted by atomic mass is 10.2. The summed E-state index contributed by atoms with van der Waals surface area (Å²) in [5, 5.41) is 3.80. The average Bonchev–Trinajstić information content (AvgIpc) is 2.66. The summed E-state index contributed by atoms with van der Waals surface area (Å²) in [5.74, 6) is 0.379. The highest BCUT2D eigenvalue weighted by Gasteiger charge is 2.14. The first-order chi connectivity index (χ1) is 12.2. The van der Waals surface area contributed by atoms with Gasteiger partial charge in [0.15, 0.2) is 0 Å². The van der Waals surface area contributed by atoms with Crippen LogP contribution in [0.5, 0.6) is 5.88 Å². The highest BCUT2D eigenvalue weighted by atomic mass is 16.5. The molecular weight excluding hydrogens is 316 g/mol. The quantitative estimate of drug-likeness (QED) is 0.744. The van der Waals surface area contributed by atoms with E-state index in [1.54, 1.807) is 20.1 Å². The molecule has 5 heteroatoms. The maximum Gasteiger partial charge on any atom is 0.253 e. The van der Waals surface area contributed by atoms with Gasteiger partial charge in [-0.05, 0) is 36.8 Å². The van der Waals surface area contributed by atoms with Crippen LogP contribution in [0.15, 0.2) is 60.7 Å². The summed E-state index contributed by atoms with van der Waals surface area (Å²) in [6.07, 6.45) is -0.551. The standard InChI is InChI=1S/C20H20N2O3/c1-14(25-13-15-6-4-3-5-7-15)20(23)21-17-9-10-18-16(12-17)8-11-19(22-18)24-2/h3-12,14H,13H2,1-2H3,(H,21,23). The third kappa shape index (κ3) is 4.33. The Kier molecular flexibility index (Phi) is 5.26. The predicted octanol–water partition coefficient (Wildman–Crippen LogP) is 3.79. The number of methoxy groups -OCH3 is 1. The van der Waals surface area contributed by atoms with E-state index in [-0.39, 0.29) is 5.91 Å². The predicted molar refractivity (Wildman–Crippen MR) is 97.6 cm³/mol. The van der Waals surface area contributed by atoms with E-state index in [0.29, 0.717) is 18.2 Å². The first-order valence-corrected chi connectivity index (χ1v) is 8.07. The molecule has 2 aromatic carbocycles. The van der Waals surface area contributed by atoms with Crippen LogP contribution in [0, 0.1) is 0 Å². The lowest BCUT2D eigenvalue weighted by molar-refractivity contribution is -0.127. The molecule has 1 unspecified atom stereocenters. The van der Waals surface area contributed by atoms with Gasteiger partial charge in [-0.15, -0.1) is 0 Å². The lowest BCUT2D eigenvalue weighted by Gasteiger charge is -2.14. The Hall–Kier alpha value is -2.92. The Morgan fingerprint density at radius 3 is 2.68 bits per heavy atom. The summed E-state index contributed by atoms with van der Waals surface area (Å²) in [6, 6.07) is 19.0. The van der Waals surface area contributed by atoms with Crippen molar-refractivity contribution >= 4 is 22.5 Å². The van der Waals surface area contributed by atoms with E-state index in [9.17, 15) is 4.79 Å². The highest BCUT2D eigenvalue weighted by Crippen LogP contribution is 2.20. The van der Waals surface area contributed by atoms with Gasteiger partial charge < -0.3 is 14.8 Å². The number of aromatic nitrogens is 1. The van der Waals surface area contributed by atoms with Crippen molar-refractivity contribution in [3.8, 4) is 5.88 Å². The van der Waals surface area contributed by atoms with Gasteiger partial charge in [0.05, 0.1) is 19.2 Å². The van der Waals surface area contributed by atoms with Crippen LogP contribution in [0.3, 0.4) is 0 Å². The number of anilines is 1. The van der Waals surface area contributed by atoms with Crippen molar-refractivity contribution in [3.05, 3.63) is 66.2 Å². The molecule has 1 aromatic heterocycles. The Labute approximate surface area is 146 Å². The lowest BCUT2D eigenvalue weighted by Crippen LogP contribution is -2.27. The fourth-order valence-corrected chi connectivity index (χ4v) is 2.41. The summed E-state index contributed by atoms with van der Waals surface area (Å²) in [4.78, 5) is 16.7. The number of fused-ring (bicyclic) bond motifs is 1. The number of ether oxygens (including phenoxy) is 2. The van der Waals surface area contributed by atoms with Crippen molar-refractivity contribution in [2.45, 2.75) is 19.6 Å². The molecule has 0 aliphatic carbocycles. The zero-order chi connectivity index (χ0) is 17.6. The van der Waals surface area contributed by atoms with Crippen LogP contribution in [0.4, 0.5) is 5.69 Å². The molecule has 25 heavy (non-hydrogen) atoms. The van der Waals surface area contributed by atoms with Gasteiger partial charge in [0.1, 0.15) is 6.10 Å². The molecular formula is C20H20N2O3. The molecule has 128 valence electrons. The third-order valence-electron chi connectivity index (χ3n) is 3.85. The number of hydrogen-bond donors (Lipinski definition) is 1. The second-order valence-electron chi connectivity index (χ2n) is 5.69. The van der Waals surface area contributed by atoms with Crippen LogP contribution in [0.1, 0.15) is 12.5 Å². The molecule has 0 spiro atoms. The van der Waals surface area contributed by atoms with Gasteiger partial charge >= 0.3 is 0 Å². The van der Waals surface area contributed by atoms with E-state index >= 15 is 0 Å². The SMILES string of the molecule is COc1ccc2cc(NC(=O)C(C)OCc3ccccc3)ccc2n1. The van der Waals surface area contributed by atoms with E-state index < -0.39 is 6.10 Å².